The van der Waals surface area contributed by atoms with Crippen LogP contribution in [0.5, 0.6) is 0 Å². The smallest absolute Gasteiger partial charge is 0.0303 e. The molecule has 1 aromatic rings. The maximum atomic E-state index is 3.95. The number of hydrogen-bond donors (Lipinski definition) is 1. The molecule has 1 heterocycles. The van der Waals surface area contributed by atoms with E-state index in [1.54, 1.807) is 11.3 Å². The minimum absolute atomic E-state index is 0.456. The van der Waals surface area contributed by atoms with Gasteiger partial charge in [-0.15, -0.1) is 0 Å². The van der Waals surface area contributed by atoms with Crippen molar-refractivity contribution < 1.29 is 0 Å². The molecule has 1 nitrogen and oxygen atoms in total. The van der Waals surface area contributed by atoms with Crippen molar-refractivity contribution in [3.63, 3.8) is 0 Å². The van der Waals surface area contributed by atoms with Gasteiger partial charge in [-0.2, -0.15) is 11.3 Å². The summed E-state index contributed by atoms with van der Waals surface area (Å²) in [6.07, 6.45) is 4.28. The highest BCUT2D eigenvalue weighted by atomic mass is 32.1. The second kappa shape index (κ2) is 4.08. The van der Waals surface area contributed by atoms with E-state index in [4.69, 9.17) is 0 Å². The molecule has 0 aromatic carbocycles. The predicted octanol–water partition coefficient (Wildman–Crippen LogP) is 4.61. The van der Waals surface area contributed by atoms with Crippen molar-refractivity contribution in [1.82, 2.24) is 5.32 Å². The summed E-state index contributed by atoms with van der Waals surface area (Å²) in [7, 11) is 0. The summed E-state index contributed by atoms with van der Waals surface area (Å²) in [4.78, 5) is 0. The predicted molar refractivity (Wildman–Crippen MR) is 78.9 cm³/mol. The Bertz CT molecular complexity index is 418. The van der Waals surface area contributed by atoms with E-state index in [0.717, 1.165) is 5.92 Å². The summed E-state index contributed by atoms with van der Waals surface area (Å²) < 4.78 is 0. The first-order valence-electron chi connectivity index (χ1n) is 7.22. The standard InChI is InChI=1S/C16H25NS/c1-11(12-6-8-18-10-12)17-14-15(2,3)13-5-7-16(14,4)9-13/h6,8,10-11,13-14,17H,5,7,9H2,1-4H3/t11?,13-,14?,16+/m0/s1. The highest BCUT2D eigenvalue weighted by Gasteiger charge is 2.59. The first-order chi connectivity index (χ1) is 8.43. The van der Waals surface area contributed by atoms with Crippen LogP contribution in [0.1, 0.15) is 58.6 Å². The van der Waals surface area contributed by atoms with Crippen molar-refractivity contribution in [3.05, 3.63) is 22.4 Å². The third-order valence-electron chi connectivity index (χ3n) is 5.73. The van der Waals surface area contributed by atoms with Gasteiger partial charge in [-0.25, -0.2) is 0 Å². The Hall–Kier alpha value is -0.340. The van der Waals surface area contributed by atoms with Crippen molar-refractivity contribution in [3.8, 4) is 0 Å². The Labute approximate surface area is 115 Å². The molecule has 2 aliphatic carbocycles. The topological polar surface area (TPSA) is 12.0 Å². The van der Waals surface area contributed by atoms with Crippen molar-refractivity contribution in [2.45, 2.75) is 59.0 Å². The van der Waals surface area contributed by atoms with Gasteiger partial charge in [0.05, 0.1) is 0 Å². The number of hydrogen-bond acceptors (Lipinski definition) is 2. The van der Waals surface area contributed by atoms with Gasteiger partial charge in [0.25, 0.3) is 0 Å². The van der Waals surface area contributed by atoms with E-state index in [1.165, 1.54) is 24.8 Å². The zero-order valence-corrected chi connectivity index (χ0v) is 12.8. The van der Waals surface area contributed by atoms with Crippen LogP contribution in [0.4, 0.5) is 0 Å². The molecule has 2 aliphatic rings. The van der Waals surface area contributed by atoms with Gasteiger partial charge in [0.1, 0.15) is 0 Å². The minimum Gasteiger partial charge on any atom is -0.306 e. The van der Waals surface area contributed by atoms with Crippen molar-refractivity contribution in [2.24, 2.45) is 16.7 Å². The molecule has 3 rings (SSSR count). The molecule has 0 amide bonds. The average molecular weight is 263 g/mol. The summed E-state index contributed by atoms with van der Waals surface area (Å²) in [6.45, 7) is 9.76. The van der Waals surface area contributed by atoms with Crippen LogP contribution in [-0.4, -0.2) is 6.04 Å². The molecule has 100 valence electrons. The summed E-state index contributed by atoms with van der Waals surface area (Å²) in [5.74, 6) is 0.926. The highest BCUT2D eigenvalue weighted by Crippen LogP contribution is 2.62. The van der Waals surface area contributed by atoms with Crippen LogP contribution in [0.2, 0.25) is 0 Å². The Morgan fingerprint density at radius 1 is 1.39 bits per heavy atom. The van der Waals surface area contributed by atoms with Crippen LogP contribution in [0.15, 0.2) is 16.8 Å². The molecule has 1 aromatic heterocycles. The van der Waals surface area contributed by atoms with E-state index in [-0.39, 0.29) is 0 Å². The van der Waals surface area contributed by atoms with E-state index in [9.17, 15) is 0 Å². The average Bonchev–Trinajstić information content (AvgIpc) is 2.96. The van der Waals surface area contributed by atoms with Crippen molar-refractivity contribution >= 4 is 11.3 Å². The van der Waals surface area contributed by atoms with E-state index in [2.05, 4.69) is 49.8 Å². The van der Waals surface area contributed by atoms with Crippen molar-refractivity contribution in [2.75, 3.05) is 0 Å². The van der Waals surface area contributed by atoms with Crippen molar-refractivity contribution in [1.29, 1.82) is 0 Å². The van der Waals surface area contributed by atoms with Gasteiger partial charge in [0.15, 0.2) is 0 Å². The molecule has 2 heteroatoms. The molecule has 2 bridgehead atoms. The molecule has 4 atom stereocenters. The van der Waals surface area contributed by atoms with Crippen LogP contribution in [0.25, 0.3) is 0 Å². The molecular weight excluding hydrogens is 238 g/mol. The number of nitrogens with one attached hydrogen (secondary N) is 1. The molecule has 1 N–H and O–H groups in total. The van der Waals surface area contributed by atoms with Crippen LogP contribution in [0, 0.1) is 16.7 Å². The lowest BCUT2D eigenvalue weighted by molar-refractivity contribution is 0.100. The van der Waals surface area contributed by atoms with Crippen LogP contribution < -0.4 is 5.32 Å². The summed E-state index contributed by atoms with van der Waals surface area (Å²) in [5, 5.41) is 8.41. The molecular formula is C16H25NS. The summed E-state index contributed by atoms with van der Waals surface area (Å²) in [6, 6.07) is 3.40. The lowest BCUT2D eigenvalue weighted by atomic mass is 9.68. The molecule has 2 unspecified atom stereocenters. The Kier molecular flexibility index (Phi) is 2.87. The maximum absolute atomic E-state index is 3.95. The molecule has 2 saturated carbocycles. The van der Waals surface area contributed by atoms with E-state index in [1.807, 2.05) is 0 Å². The highest BCUT2D eigenvalue weighted by molar-refractivity contribution is 7.07. The van der Waals surface area contributed by atoms with E-state index < -0.39 is 0 Å². The van der Waals surface area contributed by atoms with E-state index >= 15 is 0 Å². The maximum Gasteiger partial charge on any atom is 0.0303 e. The first-order valence-corrected chi connectivity index (χ1v) is 8.16. The van der Waals surface area contributed by atoms with Gasteiger partial charge in [-0.1, -0.05) is 20.8 Å². The SMILES string of the molecule is CC(NC1C(C)(C)[C@H]2CC[C@]1(C)C2)c1ccsc1. The Morgan fingerprint density at radius 3 is 2.72 bits per heavy atom. The fourth-order valence-corrected chi connectivity index (χ4v) is 5.34. The lowest BCUT2D eigenvalue weighted by Gasteiger charge is -2.44. The van der Waals surface area contributed by atoms with Crippen LogP contribution in [-0.2, 0) is 0 Å². The fourth-order valence-electron chi connectivity index (χ4n) is 4.59. The van der Waals surface area contributed by atoms with E-state index in [0.29, 0.717) is 22.9 Å². The molecule has 0 radical (unpaired) electrons. The normalized spacial score (nSPS) is 39.1. The van der Waals surface area contributed by atoms with Crippen LogP contribution >= 0.6 is 11.3 Å². The Balaban J connectivity index is 1.80. The Morgan fingerprint density at radius 2 is 2.17 bits per heavy atom. The molecule has 2 fully saturated rings. The molecule has 18 heavy (non-hydrogen) atoms. The van der Waals surface area contributed by atoms with Crippen LogP contribution in [0.3, 0.4) is 0 Å². The number of rotatable bonds is 3. The monoisotopic (exact) mass is 263 g/mol. The largest absolute Gasteiger partial charge is 0.306 e. The van der Waals surface area contributed by atoms with Gasteiger partial charge in [-0.05, 0) is 65.3 Å². The summed E-state index contributed by atoms with van der Waals surface area (Å²) in [5.41, 5.74) is 2.43. The van der Waals surface area contributed by atoms with Gasteiger partial charge in [-0.3, -0.25) is 0 Å². The third kappa shape index (κ3) is 1.77. The zero-order chi connectivity index (χ0) is 13.0. The zero-order valence-electron chi connectivity index (χ0n) is 12.0. The first kappa shape index (κ1) is 12.7. The third-order valence-corrected chi connectivity index (χ3v) is 6.43. The lowest BCUT2D eigenvalue weighted by Crippen LogP contribution is -2.50. The second-order valence-corrected chi connectivity index (χ2v) is 8.07. The van der Waals surface area contributed by atoms with Gasteiger partial charge in [0.2, 0.25) is 0 Å². The van der Waals surface area contributed by atoms with Gasteiger partial charge < -0.3 is 5.32 Å². The second-order valence-electron chi connectivity index (χ2n) is 7.29. The van der Waals surface area contributed by atoms with Gasteiger partial charge >= 0.3 is 0 Å². The molecule has 0 spiro atoms. The number of fused-ring (bicyclic) bond motifs is 2. The minimum atomic E-state index is 0.456. The summed E-state index contributed by atoms with van der Waals surface area (Å²) >= 11 is 1.80. The number of thiophene rings is 1. The quantitative estimate of drug-likeness (QED) is 0.839. The van der Waals surface area contributed by atoms with Gasteiger partial charge in [0, 0.05) is 12.1 Å². The fraction of sp³-hybridized carbons (Fsp3) is 0.750. The molecule has 0 saturated heterocycles. The molecule has 0 aliphatic heterocycles.